The van der Waals surface area contributed by atoms with Crippen LogP contribution in [0.3, 0.4) is 0 Å². The molecule has 1 unspecified atom stereocenters. The molecule has 47 heavy (non-hydrogen) atoms. The second kappa shape index (κ2) is 37.8. The Kier molecular flexibility index (Phi) is 35.5. The van der Waals surface area contributed by atoms with E-state index in [0.717, 1.165) is 0 Å². The lowest BCUT2D eigenvalue weighted by Gasteiger charge is -2.19. The van der Waals surface area contributed by atoms with Gasteiger partial charge in [-0.1, -0.05) is 257 Å². The zero-order chi connectivity index (χ0) is 33.6. The minimum Gasteiger partial charge on any atom is -0.382 e. The van der Waals surface area contributed by atoms with Gasteiger partial charge >= 0.3 is 0 Å². The van der Waals surface area contributed by atoms with E-state index in [2.05, 4.69) is 49.5 Å². The minimum atomic E-state index is 0.644. The maximum absolute atomic E-state index is 3.76. The molecule has 0 amide bonds. The van der Waals surface area contributed by atoms with Gasteiger partial charge in [0.2, 0.25) is 0 Å². The van der Waals surface area contributed by atoms with Gasteiger partial charge < -0.3 is 5.32 Å². The molecule has 1 heteroatoms. The summed E-state index contributed by atoms with van der Waals surface area (Å²) in [6.45, 7) is 4.62. The van der Waals surface area contributed by atoms with Gasteiger partial charge in [0.1, 0.15) is 0 Å². The van der Waals surface area contributed by atoms with Crippen molar-refractivity contribution < 1.29 is 0 Å². The summed E-state index contributed by atoms with van der Waals surface area (Å²) in [5.41, 5.74) is 1.28. The van der Waals surface area contributed by atoms with E-state index in [9.17, 15) is 0 Å². The monoisotopic (exact) mass is 654 g/mol. The second-order valence-corrected chi connectivity index (χ2v) is 15.5. The van der Waals surface area contributed by atoms with Crippen LogP contribution in [0.1, 0.15) is 251 Å². The number of rotatable bonds is 39. The summed E-state index contributed by atoms with van der Waals surface area (Å²) in [7, 11) is 0. The van der Waals surface area contributed by atoms with Gasteiger partial charge in [0.05, 0.1) is 0 Å². The van der Waals surface area contributed by atoms with Crippen LogP contribution in [0, 0.1) is 0 Å². The van der Waals surface area contributed by atoms with Crippen molar-refractivity contribution >= 4 is 5.69 Å². The van der Waals surface area contributed by atoms with E-state index in [1.165, 1.54) is 243 Å². The Morgan fingerprint density at radius 1 is 0.319 bits per heavy atom. The molecule has 0 saturated carbocycles. The summed E-state index contributed by atoms with van der Waals surface area (Å²) >= 11 is 0. The Labute approximate surface area is 298 Å². The van der Waals surface area contributed by atoms with E-state index >= 15 is 0 Å². The van der Waals surface area contributed by atoms with Crippen LogP contribution in [0.15, 0.2) is 30.3 Å². The lowest BCUT2D eigenvalue weighted by Crippen LogP contribution is -2.19. The Bertz CT molecular complexity index is 684. The fourth-order valence-electron chi connectivity index (χ4n) is 7.53. The number of benzene rings is 1. The molecule has 0 aliphatic carbocycles. The van der Waals surface area contributed by atoms with Gasteiger partial charge in [0, 0.05) is 11.7 Å². The SMILES string of the molecule is CCCCCCCCCCCCCCCCCCCCCCCCCCCCCCCCCCCCC(CCC)Nc1ccccc1. The van der Waals surface area contributed by atoms with Gasteiger partial charge in [-0.3, -0.25) is 0 Å². The minimum absolute atomic E-state index is 0.644. The third-order valence-electron chi connectivity index (χ3n) is 10.7. The number of hydrogen-bond acceptors (Lipinski definition) is 1. The van der Waals surface area contributed by atoms with Crippen molar-refractivity contribution in [2.45, 2.75) is 257 Å². The van der Waals surface area contributed by atoms with Crippen molar-refractivity contribution in [3.8, 4) is 0 Å². The van der Waals surface area contributed by atoms with Crippen LogP contribution in [0.2, 0.25) is 0 Å². The Hall–Kier alpha value is -0.980. The van der Waals surface area contributed by atoms with Crippen LogP contribution >= 0.6 is 0 Å². The van der Waals surface area contributed by atoms with E-state index < -0.39 is 0 Å². The number of hydrogen-bond donors (Lipinski definition) is 1. The lowest BCUT2D eigenvalue weighted by atomic mass is 10.0. The summed E-state index contributed by atoms with van der Waals surface area (Å²) in [6.07, 6.45) is 53.9. The van der Waals surface area contributed by atoms with Crippen LogP contribution in [0.25, 0.3) is 0 Å². The highest BCUT2D eigenvalue weighted by atomic mass is 14.9. The summed E-state index contributed by atoms with van der Waals surface area (Å²) in [5, 5.41) is 3.76. The second-order valence-electron chi connectivity index (χ2n) is 15.5. The van der Waals surface area contributed by atoms with E-state index in [-0.39, 0.29) is 0 Å². The van der Waals surface area contributed by atoms with Crippen LogP contribution in [-0.4, -0.2) is 6.04 Å². The molecule has 1 rings (SSSR count). The molecule has 1 aromatic carbocycles. The largest absolute Gasteiger partial charge is 0.382 e. The highest BCUT2D eigenvalue weighted by Gasteiger charge is 2.07. The zero-order valence-corrected chi connectivity index (χ0v) is 32.6. The fourth-order valence-corrected chi connectivity index (χ4v) is 7.53. The van der Waals surface area contributed by atoms with Crippen molar-refractivity contribution in [1.29, 1.82) is 0 Å². The molecule has 0 aliphatic rings. The quantitative estimate of drug-likeness (QED) is 0.0697. The predicted octanol–water partition coefficient (Wildman–Crippen LogP) is 16.9. The normalized spacial score (nSPS) is 12.1. The fraction of sp³-hybridized carbons (Fsp3) is 0.870. The van der Waals surface area contributed by atoms with Gasteiger partial charge in [0.25, 0.3) is 0 Å². The van der Waals surface area contributed by atoms with Crippen LogP contribution < -0.4 is 5.32 Å². The molecule has 0 radical (unpaired) electrons. The van der Waals surface area contributed by atoms with E-state index in [0.29, 0.717) is 6.04 Å². The van der Waals surface area contributed by atoms with Gasteiger partial charge in [0.15, 0.2) is 0 Å². The maximum Gasteiger partial charge on any atom is 0.0342 e. The maximum atomic E-state index is 3.76. The molecule has 0 aliphatic heterocycles. The molecule has 0 saturated heterocycles. The molecular weight excluding hydrogens is 567 g/mol. The highest BCUT2D eigenvalue weighted by molar-refractivity contribution is 5.43. The molecule has 0 bridgehead atoms. The van der Waals surface area contributed by atoms with Crippen molar-refractivity contribution in [2.75, 3.05) is 5.32 Å². The molecule has 276 valence electrons. The van der Waals surface area contributed by atoms with Gasteiger partial charge in [-0.05, 0) is 25.0 Å². The van der Waals surface area contributed by atoms with E-state index in [1.807, 2.05) is 0 Å². The van der Waals surface area contributed by atoms with Gasteiger partial charge in [-0.2, -0.15) is 0 Å². The van der Waals surface area contributed by atoms with Crippen molar-refractivity contribution in [3.63, 3.8) is 0 Å². The predicted molar refractivity (Wildman–Crippen MR) is 216 cm³/mol. The molecule has 1 atom stereocenters. The van der Waals surface area contributed by atoms with Gasteiger partial charge in [-0.25, -0.2) is 0 Å². The first kappa shape index (κ1) is 44.0. The third kappa shape index (κ3) is 33.3. The van der Waals surface area contributed by atoms with Crippen molar-refractivity contribution in [3.05, 3.63) is 30.3 Å². The van der Waals surface area contributed by atoms with Crippen LogP contribution in [-0.2, 0) is 0 Å². The molecule has 1 aromatic rings. The van der Waals surface area contributed by atoms with Crippen LogP contribution in [0.5, 0.6) is 0 Å². The van der Waals surface area contributed by atoms with E-state index in [4.69, 9.17) is 0 Å². The molecule has 0 aromatic heterocycles. The molecule has 0 fully saturated rings. The first-order chi connectivity index (χ1) is 23.4. The molecule has 0 heterocycles. The smallest absolute Gasteiger partial charge is 0.0342 e. The summed E-state index contributed by atoms with van der Waals surface area (Å²) in [6, 6.07) is 11.4. The molecule has 1 N–H and O–H groups in total. The molecular formula is C46H87N. The van der Waals surface area contributed by atoms with Crippen molar-refractivity contribution in [2.24, 2.45) is 0 Å². The molecule has 1 nitrogen and oxygen atoms in total. The molecule has 0 spiro atoms. The highest BCUT2D eigenvalue weighted by Crippen LogP contribution is 2.19. The Morgan fingerprint density at radius 2 is 0.596 bits per heavy atom. The summed E-state index contributed by atoms with van der Waals surface area (Å²) < 4.78 is 0. The zero-order valence-electron chi connectivity index (χ0n) is 32.6. The summed E-state index contributed by atoms with van der Waals surface area (Å²) in [5.74, 6) is 0. The number of unbranched alkanes of at least 4 members (excludes halogenated alkanes) is 33. The Morgan fingerprint density at radius 3 is 0.872 bits per heavy atom. The first-order valence-corrected chi connectivity index (χ1v) is 22.2. The number of anilines is 1. The van der Waals surface area contributed by atoms with Gasteiger partial charge in [-0.15, -0.1) is 0 Å². The Balaban J connectivity index is 1.68. The lowest BCUT2D eigenvalue weighted by molar-refractivity contribution is 0.506. The first-order valence-electron chi connectivity index (χ1n) is 22.2. The standard InChI is InChI=1S/C46H87N/c1-3-5-6-7-8-9-10-11-12-13-14-15-16-17-18-19-20-21-22-23-24-25-26-27-28-29-30-31-32-33-34-35-36-38-42-45(41-4-2)47-46-43-39-37-40-44-46/h37,39-40,43-45,47H,3-36,38,41-42H2,1-2H3. The van der Waals surface area contributed by atoms with E-state index in [1.54, 1.807) is 0 Å². The average molecular weight is 654 g/mol. The number of nitrogens with one attached hydrogen (secondary N) is 1. The topological polar surface area (TPSA) is 12.0 Å². The third-order valence-corrected chi connectivity index (χ3v) is 10.7. The van der Waals surface area contributed by atoms with Crippen molar-refractivity contribution in [1.82, 2.24) is 0 Å². The van der Waals surface area contributed by atoms with Crippen LogP contribution in [0.4, 0.5) is 5.69 Å². The average Bonchev–Trinajstić information content (AvgIpc) is 3.09. The number of para-hydroxylation sites is 1. The summed E-state index contributed by atoms with van der Waals surface area (Å²) in [4.78, 5) is 0.